The Kier molecular flexibility index (Phi) is 3.46. The summed E-state index contributed by atoms with van der Waals surface area (Å²) in [4.78, 5) is 30.5. The van der Waals surface area contributed by atoms with Gasteiger partial charge in [0.05, 0.1) is 0 Å². The smallest absolute Gasteiger partial charge is 0.271 e. The highest BCUT2D eigenvalue weighted by atomic mass is 32.1. The van der Waals surface area contributed by atoms with Gasteiger partial charge in [-0.1, -0.05) is 0 Å². The summed E-state index contributed by atoms with van der Waals surface area (Å²) in [5.41, 5.74) is 0.120. The largest absolute Gasteiger partial charge is 0.486 e. The maximum absolute atomic E-state index is 12.4. The summed E-state index contributed by atoms with van der Waals surface area (Å²) in [7, 11) is 0. The second-order valence-electron chi connectivity index (χ2n) is 5.28. The second kappa shape index (κ2) is 5.64. The lowest BCUT2D eigenvalue weighted by Crippen LogP contribution is -2.26. The normalized spacial score (nSPS) is 13.0. The van der Waals surface area contributed by atoms with Crippen molar-refractivity contribution < 1.29 is 14.3 Å². The van der Waals surface area contributed by atoms with Crippen LogP contribution in [-0.4, -0.2) is 28.5 Å². The molecule has 0 atom stereocenters. The SMILES string of the molecule is Cc1cn2c(=O)c(C(=O)Nc3ccc4c(c3)OCCO4)cnc2s1. The average molecular weight is 343 g/mol. The van der Waals surface area contributed by atoms with Crippen molar-refractivity contribution in [1.29, 1.82) is 0 Å². The van der Waals surface area contributed by atoms with Gasteiger partial charge in [-0.3, -0.25) is 14.0 Å². The lowest BCUT2D eigenvalue weighted by Gasteiger charge is -2.18. The number of hydrogen-bond donors (Lipinski definition) is 1. The van der Waals surface area contributed by atoms with Gasteiger partial charge in [0.15, 0.2) is 16.5 Å². The number of benzene rings is 1. The van der Waals surface area contributed by atoms with Gasteiger partial charge in [-0.25, -0.2) is 4.98 Å². The Bertz CT molecular complexity index is 1010. The molecule has 8 heteroatoms. The van der Waals surface area contributed by atoms with Gasteiger partial charge in [0.1, 0.15) is 18.8 Å². The lowest BCUT2D eigenvalue weighted by atomic mass is 10.2. The Morgan fingerprint density at radius 2 is 2.08 bits per heavy atom. The summed E-state index contributed by atoms with van der Waals surface area (Å²) < 4.78 is 12.3. The molecule has 0 bridgehead atoms. The van der Waals surface area contributed by atoms with E-state index in [1.807, 2.05) is 6.92 Å². The van der Waals surface area contributed by atoms with Crippen LogP contribution in [0.15, 0.2) is 35.4 Å². The fourth-order valence-corrected chi connectivity index (χ4v) is 3.26. The first-order chi connectivity index (χ1) is 11.6. The Hall–Kier alpha value is -2.87. The van der Waals surface area contributed by atoms with E-state index in [0.717, 1.165) is 4.88 Å². The van der Waals surface area contributed by atoms with E-state index in [9.17, 15) is 9.59 Å². The summed E-state index contributed by atoms with van der Waals surface area (Å²) in [5.74, 6) is 0.691. The van der Waals surface area contributed by atoms with E-state index in [1.165, 1.54) is 21.9 Å². The van der Waals surface area contributed by atoms with Gasteiger partial charge in [-0.15, -0.1) is 11.3 Å². The standard InChI is InChI=1S/C16H13N3O4S/c1-9-8-19-15(21)11(7-17-16(19)24-9)14(20)18-10-2-3-12-13(6-10)23-5-4-22-12/h2-3,6-8H,4-5H2,1H3,(H,18,20). The van der Waals surface area contributed by atoms with E-state index in [4.69, 9.17) is 9.47 Å². The molecule has 0 saturated heterocycles. The Morgan fingerprint density at radius 3 is 2.92 bits per heavy atom. The number of aryl methyl sites for hydroxylation is 1. The maximum Gasteiger partial charge on any atom is 0.271 e. The van der Waals surface area contributed by atoms with Crippen molar-refractivity contribution in [1.82, 2.24) is 9.38 Å². The molecular weight excluding hydrogens is 330 g/mol. The first-order valence-corrected chi connectivity index (χ1v) is 8.12. The lowest BCUT2D eigenvalue weighted by molar-refractivity contribution is 0.102. The zero-order chi connectivity index (χ0) is 16.7. The molecule has 122 valence electrons. The molecule has 0 aliphatic carbocycles. The number of nitrogens with one attached hydrogen (secondary N) is 1. The number of amides is 1. The van der Waals surface area contributed by atoms with E-state index in [1.54, 1.807) is 24.4 Å². The monoisotopic (exact) mass is 343 g/mol. The summed E-state index contributed by atoms with van der Waals surface area (Å²) in [5, 5.41) is 2.70. The van der Waals surface area contributed by atoms with Crippen molar-refractivity contribution in [2.45, 2.75) is 6.92 Å². The molecule has 1 N–H and O–H groups in total. The first-order valence-electron chi connectivity index (χ1n) is 7.30. The molecule has 1 aliphatic rings. The molecule has 0 radical (unpaired) electrons. The highest BCUT2D eigenvalue weighted by molar-refractivity contribution is 7.16. The maximum atomic E-state index is 12.4. The van der Waals surface area contributed by atoms with Crippen molar-refractivity contribution in [3.63, 3.8) is 0 Å². The first kappa shape index (κ1) is 14.7. The molecule has 0 fully saturated rings. The number of aromatic nitrogens is 2. The van der Waals surface area contributed by atoms with Crippen LogP contribution in [0.4, 0.5) is 5.69 Å². The quantitative estimate of drug-likeness (QED) is 0.770. The van der Waals surface area contributed by atoms with E-state index in [0.29, 0.717) is 35.4 Å². The molecule has 0 saturated carbocycles. The van der Waals surface area contributed by atoms with Crippen LogP contribution < -0.4 is 20.3 Å². The highest BCUT2D eigenvalue weighted by Crippen LogP contribution is 2.32. The zero-order valence-electron chi connectivity index (χ0n) is 12.7. The highest BCUT2D eigenvalue weighted by Gasteiger charge is 2.17. The van der Waals surface area contributed by atoms with Gasteiger partial charge in [0, 0.05) is 29.0 Å². The fourth-order valence-electron chi connectivity index (χ4n) is 2.47. The molecular formula is C16H13N3O4S. The van der Waals surface area contributed by atoms with E-state index >= 15 is 0 Å². The minimum Gasteiger partial charge on any atom is -0.486 e. The van der Waals surface area contributed by atoms with Crippen LogP contribution >= 0.6 is 11.3 Å². The van der Waals surface area contributed by atoms with Crippen LogP contribution in [0.2, 0.25) is 0 Å². The number of carbonyl (C=O) groups is 1. The molecule has 0 spiro atoms. The van der Waals surface area contributed by atoms with Crippen LogP contribution in [0.1, 0.15) is 15.2 Å². The van der Waals surface area contributed by atoms with Crippen LogP contribution in [-0.2, 0) is 0 Å². The predicted molar refractivity (Wildman–Crippen MR) is 89.5 cm³/mol. The van der Waals surface area contributed by atoms with Crippen molar-refractivity contribution in [3.8, 4) is 11.5 Å². The zero-order valence-corrected chi connectivity index (χ0v) is 13.6. The number of ether oxygens (including phenoxy) is 2. The topological polar surface area (TPSA) is 81.9 Å². The van der Waals surface area contributed by atoms with Crippen LogP contribution in [0, 0.1) is 6.92 Å². The molecule has 4 rings (SSSR count). The molecule has 0 unspecified atom stereocenters. The number of thiazole rings is 1. The molecule has 3 heterocycles. The van der Waals surface area contributed by atoms with Gasteiger partial charge in [-0.2, -0.15) is 0 Å². The number of nitrogens with zero attached hydrogens (tertiary/aromatic N) is 2. The Balaban J connectivity index is 1.65. The van der Waals surface area contributed by atoms with Gasteiger partial charge < -0.3 is 14.8 Å². The second-order valence-corrected chi connectivity index (χ2v) is 6.50. The minimum absolute atomic E-state index is 0.0137. The van der Waals surface area contributed by atoms with E-state index < -0.39 is 5.91 Å². The minimum atomic E-state index is -0.512. The molecule has 3 aromatic rings. The van der Waals surface area contributed by atoms with Gasteiger partial charge >= 0.3 is 0 Å². The third kappa shape index (κ3) is 2.50. The van der Waals surface area contributed by atoms with Crippen molar-refractivity contribution in [2.24, 2.45) is 0 Å². The van der Waals surface area contributed by atoms with Crippen molar-refractivity contribution in [3.05, 3.63) is 51.4 Å². The summed E-state index contributed by atoms with van der Waals surface area (Å²) in [6.45, 7) is 2.85. The van der Waals surface area contributed by atoms with E-state index in [2.05, 4.69) is 10.3 Å². The molecule has 7 nitrogen and oxygen atoms in total. The summed E-state index contributed by atoms with van der Waals surface area (Å²) in [6.07, 6.45) is 2.98. The Labute approximate surface area is 140 Å². The molecule has 24 heavy (non-hydrogen) atoms. The molecule has 1 aliphatic heterocycles. The van der Waals surface area contributed by atoms with Crippen LogP contribution in [0.5, 0.6) is 11.5 Å². The van der Waals surface area contributed by atoms with Crippen molar-refractivity contribution in [2.75, 3.05) is 18.5 Å². The molecule has 1 aromatic carbocycles. The fraction of sp³-hybridized carbons (Fsp3) is 0.188. The van der Waals surface area contributed by atoms with Crippen LogP contribution in [0.3, 0.4) is 0 Å². The summed E-state index contributed by atoms with van der Waals surface area (Å²) >= 11 is 1.40. The number of hydrogen-bond acceptors (Lipinski definition) is 6. The average Bonchev–Trinajstić information content (AvgIpc) is 2.96. The van der Waals surface area contributed by atoms with Gasteiger partial charge in [-0.05, 0) is 19.1 Å². The number of anilines is 1. The third-order valence-corrected chi connectivity index (χ3v) is 4.48. The molecule has 1 amide bonds. The van der Waals surface area contributed by atoms with E-state index in [-0.39, 0.29) is 11.1 Å². The predicted octanol–water partition coefficient (Wildman–Crippen LogP) is 2.09. The summed E-state index contributed by atoms with van der Waals surface area (Å²) in [6, 6.07) is 5.09. The number of rotatable bonds is 2. The van der Waals surface area contributed by atoms with Crippen LogP contribution in [0.25, 0.3) is 4.96 Å². The van der Waals surface area contributed by atoms with Gasteiger partial charge in [0.2, 0.25) is 0 Å². The van der Waals surface area contributed by atoms with Gasteiger partial charge in [0.25, 0.3) is 11.5 Å². The molecule has 2 aromatic heterocycles. The number of fused-ring (bicyclic) bond motifs is 2. The number of carbonyl (C=O) groups excluding carboxylic acids is 1. The van der Waals surface area contributed by atoms with Crippen molar-refractivity contribution >= 4 is 27.9 Å². The Morgan fingerprint density at radius 1 is 1.29 bits per heavy atom. The third-order valence-electron chi connectivity index (χ3n) is 3.57.